The monoisotopic (exact) mass is 374 g/mol. The fourth-order valence-electron chi connectivity index (χ4n) is 7.76. The van der Waals surface area contributed by atoms with Gasteiger partial charge in [-0.15, -0.1) is 0 Å². The maximum atomic E-state index is 12.0. The van der Waals surface area contributed by atoms with E-state index in [1.54, 1.807) is 0 Å². The van der Waals surface area contributed by atoms with Crippen molar-refractivity contribution >= 4 is 24.4 Å². The molecule has 4 fully saturated rings. The van der Waals surface area contributed by atoms with Crippen LogP contribution in [0.2, 0.25) is 0 Å². The van der Waals surface area contributed by atoms with Gasteiger partial charge in [0.15, 0.2) is 0 Å². The van der Waals surface area contributed by atoms with E-state index >= 15 is 0 Å². The number of ether oxygens (including phenoxy) is 1. The summed E-state index contributed by atoms with van der Waals surface area (Å²) in [4.78, 5) is 24.0. The Hall–Kier alpha value is -0.770. The van der Waals surface area contributed by atoms with Crippen molar-refractivity contribution in [3.8, 4) is 0 Å². The molecule has 4 heteroatoms. The van der Waals surface area contributed by atoms with Crippen LogP contribution in [-0.2, 0) is 14.3 Å². The number of ketones is 1. The van der Waals surface area contributed by atoms with Crippen molar-refractivity contribution in [1.82, 2.24) is 0 Å². The largest absolute Gasteiger partial charge is 0.458 e. The minimum absolute atomic E-state index is 0.00000269. The van der Waals surface area contributed by atoms with Crippen molar-refractivity contribution in [2.45, 2.75) is 82.5 Å². The number of carbonyl (C=O) groups is 2. The van der Waals surface area contributed by atoms with Crippen LogP contribution in [0.1, 0.15) is 71.6 Å². The molecule has 0 aromatic heterocycles. The Bertz CT molecular complexity index is 714. The third-order valence-corrected chi connectivity index (χ3v) is 9.79. The molecule has 3 saturated carbocycles. The highest BCUT2D eigenvalue weighted by molar-refractivity contribution is 7.81. The zero-order chi connectivity index (χ0) is 18.3. The first-order chi connectivity index (χ1) is 12.3. The Morgan fingerprint density at radius 1 is 1.04 bits per heavy atom. The molecule has 5 rings (SSSR count). The number of rotatable bonds is 0. The predicted molar refractivity (Wildman–Crippen MR) is 103 cm³/mol. The highest BCUT2D eigenvalue weighted by atomic mass is 32.1. The van der Waals surface area contributed by atoms with E-state index in [9.17, 15) is 9.59 Å². The summed E-state index contributed by atoms with van der Waals surface area (Å²) in [7, 11) is 0. The molecule has 0 radical (unpaired) electrons. The van der Waals surface area contributed by atoms with E-state index in [1.807, 2.05) is 0 Å². The van der Waals surface area contributed by atoms with Gasteiger partial charge in [-0.1, -0.05) is 25.5 Å². The first kappa shape index (κ1) is 17.3. The second-order valence-electron chi connectivity index (χ2n) is 10.1. The van der Waals surface area contributed by atoms with Crippen LogP contribution in [0.4, 0.5) is 0 Å². The normalized spacial score (nSPS) is 53.0. The van der Waals surface area contributed by atoms with Gasteiger partial charge in [-0.05, 0) is 61.7 Å². The van der Waals surface area contributed by atoms with Gasteiger partial charge in [0.05, 0.1) is 0 Å². The standard InChI is InChI=1S/C22H30O3S/c1-20-7-3-14(23)11-13(20)12-17(26)19-15(20)4-8-21(2)16(19)5-9-22(21)10-6-18(24)25-22/h12,15-17,19,26H,3-11H2,1-2H3/t15?,16?,17-,19?,20?,21?,22?/m0/s1. The van der Waals surface area contributed by atoms with Gasteiger partial charge in [0.1, 0.15) is 11.4 Å². The van der Waals surface area contributed by atoms with Gasteiger partial charge in [0.25, 0.3) is 0 Å². The van der Waals surface area contributed by atoms with Gasteiger partial charge in [-0.25, -0.2) is 0 Å². The van der Waals surface area contributed by atoms with Crippen LogP contribution in [0.5, 0.6) is 0 Å². The molecule has 142 valence electrons. The van der Waals surface area contributed by atoms with Crippen molar-refractivity contribution < 1.29 is 14.3 Å². The van der Waals surface area contributed by atoms with Gasteiger partial charge in [0.2, 0.25) is 0 Å². The fraction of sp³-hybridized carbons (Fsp3) is 0.818. The zero-order valence-electron chi connectivity index (χ0n) is 15.9. The maximum Gasteiger partial charge on any atom is 0.306 e. The van der Waals surface area contributed by atoms with E-state index in [0.717, 1.165) is 38.5 Å². The first-order valence-electron chi connectivity index (χ1n) is 10.4. The number of allylic oxidation sites excluding steroid dienone is 1. The van der Waals surface area contributed by atoms with Gasteiger partial charge < -0.3 is 4.74 Å². The van der Waals surface area contributed by atoms with Gasteiger partial charge >= 0.3 is 5.97 Å². The van der Waals surface area contributed by atoms with E-state index in [1.165, 1.54) is 12.0 Å². The minimum Gasteiger partial charge on any atom is -0.458 e. The molecule has 0 bridgehead atoms. The number of Topliss-reactive ketones (excluding diaryl/α,β-unsaturated/α-hetero) is 1. The number of esters is 1. The summed E-state index contributed by atoms with van der Waals surface area (Å²) in [6, 6.07) is 0. The van der Waals surface area contributed by atoms with E-state index in [-0.39, 0.29) is 27.7 Å². The summed E-state index contributed by atoms with van der Waals surface area (Å²) in [6.45, 7) is 4.80. The second kappa shape index (κ2) is 5.40. The Labute approximate surface area is 161 Å². The van der Waals surface area contributed by atoms with Crippen molar-refractivity contribution in [1.29, 1.82) is 0 Å². The molecule has 1 saturated heterocycles. The molecule has 0 aromatic carbocycles. The van der Waals surface area contributed by atoms with E-state index in [2.05, 4.69) is 19.9 Å². The smallest absolute Gasteiger partial charge is 0.306 e. The summed E-state index contributed by atoms with van der Waals surface area (Å²) < 4.78 is 6.02. The molecular formula is C22H30O3S. The van der Waals surface area contributed by atoms with E-state index in [0.29, 0.717) is 36.4 Å². The van der Waals surface area contributed by atoms with E-state index in [4.69, 9.17) is 17.4 Å². The molecule has 7 atom stereocenters. The summed E-state index contributed by atoms with van der Waals surface area (Å²) >= 11 is 5.04. The molecule has 3 nitrogen and oxygen atoms in total. The van der Waals surface area contributed by atoms with Crippen LogP contribution in [0.25, 0.3) is 0 Å². The lowest BCUT2D eigenvalue weighted by molar-refractivity contribution is -0.166. The molecule has 0 aromatic rings. The first-order valence-corrected chi connectivity index (χ1v) is 10.9. The number of hydrogen-bond donors (Lipinski definition) is 1. The molecular weight excluding hydrogens is 344 g/mol. The fourth-order valence-corrected chi connectivity index (χ4v) is 8.36. The number of hydrogen-bond acceptors (Lipinski definition) is 4. The lowest BCUT2D eigenvalue weighted by atomic mass is 9.46. The zero-order valence-corrected chi connectivity index (χ0v) is 16.8. The van der Waals surface area contributed by atoms with Crippen LogP contribution in [0.15, 0.2) is 11.6 Å². The molecule has 0 amide bonds. The van der Waals surface area contributed by atoms with Gasteiger partial charge in [-0.2, -0.15) is 12.6 Å². The van der Waals surface area contributed by atoms with Crippen LogP contribution in [-0.4, -0.2) is 22.6 Å². The van der Waals surface area contributed by atoms with Crippen LogP contribution >= 0.6 is 12.6 Å². The molecule has 4 aliphatic carbocycles. The Balaban J connectivity index is 1.54. The van der Waals surface area contributed by atoms with E-state index < -0.39 is 0 Å². The van der Waals surface area contributed by atoms with Crippen molar-refractivity contribution in [3.63, 3.8) is 0 Å². The molecule has 26 heavy (non-hydrogen) atoms. The number of carbonyl (C=O) groups excluding carboxylic acids is 2. The second-order valence-corrected chi connectivity index (χ2v) is 10.7. The topological polar surface area (TPSA) is 43.4 Å². The van der Waals surface area contributed by atoms with Crippen LogP contribution in [0.3, 0.4) is 0 Å². The molecule has 6 unspecified atom stereocenters. The summed E-state index contributed by atoms with van der Waals surface area (Å²) in [5.41, 5.74) is 1.40. The third-order valence-electron chi connectivity index (χ3n) is 9.29. The van der Waals surface area contributed by atoms with Gasteiger partial charge in [-0.3, -0.25) is 9.59 Å². The third kappa shape index (κ3) is 2.03. The van der Waals surface area contributed by atoms with Crippen LogP contribution < -0.4 is 0 Å². The molecule has 1 heterocycles. The average Bonchev–Trinajstić information content (AvgIpc) is 3.11. The van der Waals surface area contributed by atoms with Crippen molar-refractivity contribution in [2.75, 3.05) is 0 Å². The lowest BCUT2D eigenvalue weighted by Gasteiger charge is -2.59. The Kier molecular flexibility index (Phi) is 3.60. The molecule has 0 N–H and O–H groups in total. The Morgan fingerprint density at radius 2 is 1.81 bits per heavy atom. The Morgan fingerprint density at radius 3 is 2.54 bits per heavy atom. The highest BCUT2D eigenvalue weighted by Gasteiger charge is 2.67. The predicted octanol–water partition coefficient (Wildman–Crippen LogP) is 4.50. The maximum absolute atomic E-state index is 12.0. The molecule has 1 aliphatic heterocycles. The quantitative estimate of drug-likeness (QED) is 0.386. The van der Waals surface area contributed by atoms with Crippen LogP contribution in [0, 0.1) is 28.6 Å². The average molecular weight is 375 g/mol. The lowest BCUT2D eigenvalue weighted by Crippen LogP contribution is -2.56. The highest BCUT2D eigenvalue weighted by Crippen LogP contribution is 2.69. The number of thiol groups is 1. The summed E-state index contributed by atoms with van der Waals surface area (Å²) in [5, 5.41) is 0.228. The minimum atomic E-state index is -0.222. The van der Waals surface area contributed by atoms with Gasteiger partial charge in [0, 0.05) is 29.9 Å². The molecule has 5 aliphatic rings. The SMILES string of the molecule is CC12CCC(=O)CC1=C[C@H](S)C1C2CCC2(C)C1CCC21CCC(=O)O1. The number of fused-ring (bicyclic) bond motifs is 6. The van der Waals surface area contributed by atoms with Crippen molar-refractivity contribution in [2.24, 2.45) is 28.6 Å². The summed E-state index contributed by atoms with van der Waals surface area (Å²) in [6.07, 6.45) is 10.7. The van der Waals surface area contributed by atoms with Crippen molar-refractivity contribution in [3.05, 3.63) is 11.6 Å². The molecule has 1 spiro atoms. The summed E-state index contributed by atoms with van der Waals surface area (Å²) in [5.74, 6) is 2.12.